The van der Waals surface area contributed by atoms with Crippen LogP contribution in [0.15, 0.2) is 0 Å². The van der Waals surface area contributed by atoms with E-state index in [9.17, 15) is 0 Å². The van der Waals surface area contributed by atoms with E-state index < -0.39 is 0 Å². The van der Waals surface area contributed by atoms with Crippen molar-refractivity contribution in [2.75, 3.05) is 0 Å². The highest BCUT2D eigenvalue weighted by molar-refractivity contribution is 4.97. The molecule has 0 aliphatic heterocycles. The second kappa shape index (κ2) is 4.00. The van der Waals surface area contributed by atoms with Gasteiger partial charge in [-0.25, -0.2) is 0 Å². The monoisotopic (exact) mass is 141 g/mol. The van der Waals surface area contributed by atoms with Crippen LogP contribution in [0.4, 0.5) is 0 Å². The summed E-state index contributed by atoms with van der Waals surface area (Å²) >= 11 is 0. The molecule has 0 atom stereocenters. The van der Waals surface area contributed by atoms with Crippen molar-refractivity contribution in [3.05, 3.63) is 5.92 Å². The minimum Gasteiger partial charge on any atom is -0.0654 e. The predicted molar refractivity (Wildman–Crippen MR) is 47.9 cm³/mol. The third-order valence-corrected chi connectivity index (χ3v) is 2.56. The van der Waals surface area contributed by atoms with E-state index in [-0.39, 0.29) is 0 Å². The Balaban J connectivity index is 3.82. The highest BCUT2D eigenvalue weighted by atomic mass is 14.3. The van der Waals surface area contributed by atoms with Crippen LogP contribution in [-0.4, -0.2) is 0 Å². The van der Waals surface area contributed by atoms with Gasteiger partial charge >= 0.3 is 0 Å². The zero-order valence-corrected chi connectivity index (χ0v) is 8.12. The number of hydrogen-bond acceptors (Lipinski definition) is 0. The Labute approximate surface area is 66.0 Å². The van der Waals surface area contributed by atoms with E-state index in [4.69, 9.17) is 0 Å². The van der Waals surface area contributed by atoms with Gasteiger partial charge in [-0.1, -0.05) is 41.0 Å². The van der Waals surface area contributed by atoms with Gasteiger partial charge in [-0.15, -0.1) is 0 Å². The summed E-state index contributed by atoms with van der Waals surface area (Å²) in [6, 6.07) is 0. The maximum Gasteiger partial charge on any atom is -0.0218 e. The molecule has 0 saturated heterocycles. The Morgan fingerprint density at radius 2 is 1.70 bits per heavy atom. The van der Waals surface area contributed by atoms with E-state index >= 15 is 0 Å². The molecule has 1 radical (unpaired) electrons. The average molecular weight is 141 g/mol. The van der Waals surface area contributed by atoms with Gasteiger partial charge in [0.05, 0.1) is 0 Å². The van der Waals surface area contributed by atoms with Crippen LogP contribution >= 0.6 is 0 Å². The molecule has 10 heavy (non-hydrogen) atoms. The zero-order chi connectivity index (χ0) is 8.20. The Bertz CT molecular complexity index is 82.0. The molecule has 61 valence electrons. The summed E-state index contributed by atoms with van der Waals surface area (Å²) in [5, 5.41) is 0. The lowest BCUT2D eigenvalue weighted by atomic mass is 9.75. The first-order valence-corrected chi connectivity index (χ1v) is 4.37. The first-order valence-electron chi connectivity index (χ1n) is 4.37. The molecule has 0 N–H and O–H groups in total. The number of hydrogen-bond donors (Lipinski definition) is 0. The fourth-order valence-electron chi connectivity index (χ4n) is 1.32. The normalized spacial score (nSPS) is 12.6. The average Bonchev–Trinajstić information content (AvgIpc) is 1.86. The fourth-order valence-corrected chi connectivity index (χ4v) is 1.32. The molecule has 0 bridgehead atoms. The van der Waals surface area contributed by atoms with Crippen LogP contribution in [-0.2, 0) is 0 Å². The lowest BCUT2D eigenvalue weighted by Gasteiger charge is -2.30. The van der Waals surface area contributed by atoms with Crippen molar-refractivity contribution in [1.29, 1.82) is 0 Å². The molecule has 0 aliphatic carbocycles. The maximum absolute atomic E-state index is 2.34. The van der Waals surface area contributed by atoms with Crippen LogP contribution in [0, 0.1) is 11.3 Å². The van der Waals surface area contributed by atoms with Gasteiger partial charge in [-0.2, -0.15) is 0 Å². The van der Waals surface area contributed by atoms with Crippen molar-refractivity contribution in [2.45, 2.75) is 53.9 Å². The smallest absolute Gasteiger partial charge is 0.0218 e. The van der Waals surface area contributed by atoms with Gasteiger partial charge in [-0.05, 0) is 24.2 Å². The molecule has 0 aliphatic rings. The SMILES string of the molecule is CCCC(C)(C)[C](C)CC. The second-order valence-electron chi connectivity index (χ2n) is 3.77. The van der Waals surface area contributed by atoms with E-state index in [1.165, 1.54) is 19.3 Å². The van der Waals surface area contributed by atoms with Gasteiger partial charge in [0.15, 0.2) is 0 Å². The van der Waals surface area contributed by atoms with Crippen molar-refractivity contribution in [2.24, 2.45) is 5.41 Å². The summed E-state index contributed by atoms with van der Waals surface area (Å²) in [5.74, 6) is 1.63. The van der Waals surface area contributed by atoms with Crippen LogP contribution in [0.5, 0.6) is 0 Å². The van der Waals surface area contributed by atoms with Gasteiger partial charge in [0, 0.05) is 0 Å². The summed E-state index contributed by atoms with van der Waals surface area (Å²) in [6.45, 7) is 11.5. The van der Waals surface area contributed by atoms with Gasteiger partial charge in [0.2, 0.25) is 0 Å². The molecule has 0 amide bonds. The van der Waals surface area contributed by atoms with E-state index in [1.807, 2.05) is 0 Å². The van der Waals surface area contributed by atoms with E-state index in [1.54, 1.807) is 5.92 Å². The summed E-state index contributed by atoms with van der Waals surface area (Å²) in [6.07, 6.45) is 3.85. The molecule has 0 aromatic carbocycles. The molecule has 0 rings (SSSR count). The predicted octanol–water partition coefficient (Wildman–Crippen LogP) is 3.82. The Morgan fingerprint density at radius 1 is 1.20 bits per heavy atom. The fraction of sp³-hybridized carbons (Fsp3) is 0.900. The molecule has 0 aromatic rings. The Hall–Kier alpha value is 0. The molecule has 0 heteroatoms. The van der Waals surface area contributed by atoms with Crippen molar-refractivity contribution in [3.63, 3.8) is 0 Å². The van der Waals surface area contributed by atoms with Gasteiger partial charge < -0.3 is 0 Å². The van der Waals surface area contributed by atoms with Crippen LogP contribution < -0.4 is 0 Å². The highest BCUT2D eigenvalue weighted by Gasteiger charge is 2.23. The van der Waals surface area contributed by atoms with Crippen LogP contribution in [0.3, 0.4) is 0 Å². The second-order valence-corrected chi connectivity index (χ2v) is 3.77. The quantitative estimate of drug-likeness (QED) is 0.558. The van der Waals surface area contributed by atoms with Crippen LogP contribution in [0.25, 0.3) is 0 Å². The summed E-state index contributed by atoms with van der Waals surface area (Å²) < 4.78 is 0. The summed E-state index contributed by atoms with van der Waals surface area (Å²) in [4.78, 5) is 0. The largest absolute Gasteiger partial charge is 0.0654 e. The van der Waals surface area contributed by atoms with Crippen molar-refractivity contribution in [3.8, 4) is 0 Å². The van der Waals surface area contributed by atoms with E-state index in [2.05, 4.69) is 34.6 Å². The van der Waals surface area contributed by atoms with Crippen molar-refractivity contribution < 1.29 is 0 Å². The standard InChI is InChI=1S/C10H21/c1-6-8-10(4,5)9(3)7-2/h6-8H2,1-5H3. The minimum atomic E-state index is 0.476. The molecular formula is C10H21. The van der Waals surface area contributed by atoms with E-state index in [0.717, 1.165) is 0 Å². The van der Waals surface area contributed by atoms with Crippen LogP contribution in [0.2, 0.25) is 0 Å². The van der Waals surface area contributed by atoms with Crippen molar-refractivity contribution in [1.82, 2.24) is 0 Å². The lowest BCUT2D eigenvalue weighted by Crippen LogP contribution is -2.18. The summed E-state index contributed by atoms with van der Waals surface area (Å²) in [5.41, 5.74) is 0.476. The minimum absolute atomic E-state index is 0.476. The third-order valence-electron chi connectivity index (χ3n) is 2.56. The van der Waals surface area contributed by atoms with Gasteiger partial charge in [0.25, 0.3) is 0 Å². The molecule has 0 aromatic heterocycles. The molecular weight excluding hydrogens is 120 g/mol. The zero-order valence-electron chi connectivity index (χ0n) is 8.12. The highest BCUT2D eigenvalue weighted by Crippen LogP contribution is 2.35. The third kappa shape index (κ3) is 2.72. The van der Waals surface area contributed by atoms with E-state index in [0.29, 0.717) is 5.41 Å². The lowest BCUT2D eigenvalue weighted by molar-refractivity contribution is 0.339. The van der Waals surface area contributed by atoms with Gasteiger partial charge in [-0.3, -0.25) is 0 Å². The molecule has 0 spiro atoms. The Kier molecular flexibility index (Phi) is 4.00. The molecule has 0 heterocycles. The maximum atomic E-state index is 2.34. The first-order chi connectivity index (χ1) is 4.54. The first kappa shape index (κ1) is 10.0. The number of rotatable bonds is 4. The summed E-state index contributed by atoms with van der Waals surface area (Å²) in [7, 11) is 0. The van der Waals surface area contributed by atoms with Crippen molar-refractivity contribution >= 4 is 0 Å². The van der Waals surface area contributed by atoms with Gasteiger partial charge in [0.1, 0.15) is 0 Å². The van der Waals surface area contributed by atoms with Crippen LogP contribution in [0.1, 0.15) is 53.9 Å². The molecule has 0 saturated carbocycles. The Morgan fingerprint density at radius 3 is 2.00 bits per heavy atom. The molecule has 0 fully saturated rings. The molecule has 0 nitrogen and oxygen atoms in total. The topological polar surface area (TPSA) is 0 Å². The molecule has 0 unspecified atom stereocenters.